The van der Waals surface area contributed by atoms with Gasteiger partial charge in [0.25, 0.3) is 0 Å². The van der Waals surface area contributed by atoms with Gasteiger partial charge >= 0.3 is 11.9 Å². The van der Waals surface area contributed by atoms with Crippen LogP contribution in [-0.2, 0) is 28.9 Å². The number of anilines is 2. The maximum absolute atomic E-state index is 12.7. The quantitative estimate of drug-likeness (QED) is 0.637. The molecule has 0 atom stereocenters. The lowest BCUT2D eigenvalue weighted by atomic mass is 10.1. The lowest BCUT2D eigenvalue weighted by molar-refractivity contribution is -0.139. The second-order valence-electron chi connectivity index (χ2n) is 7.29. The minimum absolute atomic E-state index is 0.0328. The summed E-state index contributed by atoms with van der Waals surface area (Å²) in [6.45, 7) is 1.73. The van der Waals surface area contributed by atoms with Crippen molar-refractivity contribution in [2.45, 2.75) is 24.2 Å². The van der Waals surface area contributed by atoms with Crippen LogP contribution in [0.3, 0.4) is 0 Å². The van der Waals surface area contributed by atoms with Gasteiger partial charge in [-0.2, -0.15) is 0 Å². The van der Waals surface area contributed by atoms with Crippen LogP contribution in [0.25, 0.3) is 0 Å². The molecule has 0 radical (unpaired) electrons. The zero-order chi connectivity index (χ0) is 22.6. The normalized spacial score (nSPS) is 16.9. The Labute approximate surface area is 182 Å². The van der Waals surface area contributed by atoms with Crippen molar-refractivity contribution in [3.63, 3.8) is 0 Å². The molecular weight excluding hydrogens is 420 g/mol. The van der Waals surface area contributed by atoms with Gasteiger partial charge in [-0.15, -0.1) is 0 Å². The molecule has 1 fully saturated rings. The van der Waals surface area contributed by atoms with Gasteiger partial charge < -0.3 is 19.3 Å². The Balaban J connectivity index is 2.25. The van der Waals surface area contributed by atoms with E-state index in [-0.39, 0.29) is 21.9 Å². The summed E-state index contributed by atoms with van der Waals surface area (Å²) in [5.74, 6) is -1.53. The molecule has 2 heterocycles. The Morgan fingerprint density at radius 1 is 0.968 bits per heavy atom. The number of piperidine rings is 1. The second kappa shape index (κ2) is 9.38. The molecule has 2 aliphatic rings. The first-order valence-corrected chi connectivity index (χ1v) is 11.8. The zero-order valence-electron chi connectivity index (χ0n) is 17.8. The number of esters is 2. The van der Waals surface area contributed by atoms with Crippen molar-refractivity contribution in [2.24, 2.45) is 0 Å². The number of benzene rings is 1. The molecule has 9 heteroatoms. The summed E-state index contributed by atoms with van der Waals surface area (Å²) in [6.07, 6.45) is 10.5. The smallest absolute Gasteiger partial charge is 0.355 e. The predicted octanol–water partition coefficient (Wildman–Crippen LogP) is 2.57. The van der Waals surface area contributed by atoms with Crippen LogP contribution in [-0.4, -0.2) is 53.9 Å². The summed E-state index contributed by atoms with van der Waals surface area (Å²) in [5, 5.41) is 0. The molecule has 1 aromatic rings. The molecule has 8 nitrogen and oxygen atoms in total. The van der Waals surface area contributed by atoms with Crippen LogP contribution in [0.5, 0.6) is 0 Å². The van der Waals surface area contributed by atoms with Gasteiger partial charge in [0.15, 0.2) is 9.84 Å². The Hall–Kier alpha value is -3.07. The van der Waals surface area contributed by atoms with Gasteiger partial charge in [-0.3, -0.25) is 0 Å². The van der Waals surface area contributed by atoms with Crippen molar-refractivity contribution < 1.29 is 27.5 Å². The Bertz CT molecular complexity index is 1070. The average molecular weight is 447 g/mol. The van der Waals surface area contributed by atoms with Gasteiger partial charge in [0, 0.05) is 31.2 Å². The highest BCUT2D eigenvalue weighted by atomic mass is 32.2. The topological polar surface area (TPSA) is 93.2 Å². The third-order valence-corrected chi connectivity index (χ3v) is 6.36. The van der Waals surface area contributed by atoms with Gasteiger partial charge in [0.05, 0.1) is 30.4 Å². The van der Waals surface area contributed by atoms with Crippen LogP contribution in [0.4, 0.5) is 11.4 Å². The van der Waals surface area contributed by atoms with Crippen LogP contribution in [0, 0.1) is 0 Å². The predicted molar refractivity (Wildman–Crippen MR) is 117 cm³/mol. The number of methoxy groups -OCH3 is 2. The monoisotopic (exact) mass is 446 g/mol. The first kappa shape index (κ1) is 22.6. The number of hydrogen-bond donors (Lipinski definition) is 0. The van der Waals surface area contributed by atoms with E-state index in [1.165, 1.54) is 37.5 Å². The number of sulfone groups is 1. The molecule has 31 heavy (non-hydrogen) atoms. The van der Waals surface area contributed by atoms with E-state index in [1.54, 1.807) is 24.3 Å². The van der Waals surface area contributed by atoms with Gasteiger partial charge in [0.2, 0.25) is 0 Å². The number of hydrogen-bond acceptors (Lipinski definition) is 8. The van der Waals surface area contributed by atoms with Gasteiger partial charge in [-0.1, -0.05) is 6.08 Å². The maximum atomic E-state index is 12.7. The SMILES string of the molecule is COC(=O)C1=C(C(=O)OC)N(c2cc(N3CCCCC3)ccc2S(C)(=O)=O)C=CC=C1. The van der Waals surface area contributed by atoms with Crippen LogP contribution >= 0.6 is 0 Å². The summed E-state index contributed by atoms with van der Waals surface area (Å²) in [7, 11) is -1.24. The number of allylic oxidation sites excluding steroid dienone is 2. The van der Waals surface area contributed by atoms with E-state index in [0.717, 1.165) is 44.3 Å². The number of rotatable bonds is 5. The van der Waals surface area contributed by atoms with Crippen molar-refractivity contribution in [3.05, 3.63) is 53.9 Å². The van der Waals surface area contributed by atoms with E-state index in [2.05, 4.69) is 4.90 Å². The molecule has 166 valence electrons. The van der Waals surface area contributed by atoms with Crippen molar-refractivity contribution in [3.8, 4) is 0 Å². The highest BCUT2D eigenvalue weighted by Crippen LogP contribution is 2.35. The number of carbonyl (C=O) groups excluding carboxylic acids is 2. The largest absolute Gasteiger partial charge is 0.465 e. The Morgan fingerprint density at radius 3 is 2.26 bits per heavy atom. The molecule has 1 aromatic carbocycles. The summed E-state index contributed by atoms with van der Waals surface area (Å²) >= 11 is 0. The Kier molecular flexibility index (Phi) is 6.84. The van der Waals surface area contributed by atoms with Crippen molar-refractivity contribution in [1.82, 2.24) is 0 Å². The van der Waals surface area contributed by atoms with Crippen LogP contribution < -0.4 is 9.80 Å². The van der Waals surface area contributed by atoms with Crippen molar-refractivity contribution in [2.75, 3.05) is 43.4 Å². The molecule has 1 saturated heterocycles. The van der Waals surface area contributed by atoms with E-state index >= 15 is 0 Å². The highest BCUT2D eigenvalue weighted by molar-refractivity contribution is 7.90. The van der Waals surface area contributed by atoms with Gasteiger partial charge in [0.1, 0.15) is 5.70 Å². The fourth-order valence-electron chi connectivity index (χ4n) is 3.71. The lowest BCUT2D eigenvalue weighted by Gasteiger charge is -2.31. The molecule has 0 spiro atoms. The number of ether oxygens (including phenoxy) is 2. The maximum Gasteiger partial charge on any atom is 0.355 e. The zero-order valence-corrected chi connectivity index (χ0v) is 18.6. The molecule has 3 rings (SSSR count). The van der Waals surface area contributed by atoms with Crippen LogP contribution in [0.2, 0.25) is 0 Å². The minimum Gasteiger partial charge on any atom is -0.465 e. The third kappa shape index (κ3) is 4.82. The Morgan fingerprint density at radius 2 is 1.65 bits per heavy atom. The first-order valence-electron chi connectivity index (χ1n) is 9.92. The second-order valence-corrected chi connectivity index (χ2v) is 9.27. The van der Waals surface area contributed by atoms with Gasteiger partial charge in [-0.05, 0) is 49.6 Å². The van der Waals surface area contributed by atoms with Gasteiger partial charge in [-0.25, -0.2) is 18.0 Å². The van der Waals surface area contributed by atoms with Crippen molar-refractivity contribution >= 4 is 33.2 Å². The highest BCUT2D eigenvalue weighted by Gasteiger charge is 2.30. The summed E-state index contributed by atoms with van der Waals surface area (Å²) in [4.78, 5) is 28.7. The van der Waals surface area contributed by atoms with Crippen LogP contribution in [0.1, 0.15) is 19.3 Å². The summed E-state index contributed by atoms with van der Waals surface area (Å²) in [6, 6.07) is 5.04. The first-order chi connectivity index (χ1) is 14.8. The molecule has 0 bridgehead atoms. The summed E-state index contributed by atoms with van der Waals surface area (Å²) < 4.78 is 34.9. The molecule has 0 saturated carbocycles. The van der Waals surface area contributed by atoms with Crippen molar-refractivity contribution in [1.29, 1.82) is 0 Å². The van der Waals surface area contributed by atoms with E-state index in [1.807, 2.05) is 0 Å². The lowest BCUT2D eigenvalue weighted by Crippen LogP contribution is -2.31. The van der Waals surface area contributed by atoms with E-state index in [0.29, 0.717) is 0 Å². The molecule has 0 N–H and O–H groups in total. The molecule has 0 aromatic heterocycles. The van der Waals surface area contributed by atoms with Crippen LogP contribution in [0.15, 0.2) is 58.8 Å². The van der Waals surface area contributed by atoms with E-state index in [9.17, 15) is 18.0 Å². The molecular formula is C22H26N2O6S. The fraction of sp³-hybridized carbons (Fsp3) is 0.364. The molecule has 0 aliphatic carbocycles. The standard InChI is InChI=1S/C22H26N2O6S/c1-29-21(25)17-9-5-8-14-24(20(17)22(26)30-2)18-15-16(23-12-6-4-7-13-23)10-11-19(18)31(3,27)28/h5,8-11,14-15H,4,6-7,12-13H2,1-3H3. The van der Waals surface area contributed by atoms with E-state index in [4.69, 9.17) is 9.47 Å². The third-order valence-electron chi connectivity index (χ3n) is 5.21. The molecule has 2 aliphatic heterocycles. The molecule has 0 unspecified atom stereocenters. The fourth-order valence-corrected chi connectivity index (χ4v) is 4.56. The average Bonchev–Trinajstić information content (AvgIpc) is 3.00. The minimum atomic E-state index is -3.65. The number of nitrogens with zero attached hydrogens (tertiary/aromatic N) is 2. The molecule has 0 amide bonds. The number of carbonyl (C=O) groups is 2. The van der Waals surface area contributed by atoms with E-state index < -0.39 is 21.8 Å². The summed E-state index contributed by atoms with van der Waals surface area (Å²) in [5.41, 5.74) is 0.936.